The lowest BCUT2D eigenvalue weighted by Gasteiger charge is -2.14. The van der Waals surface area contributed by atoms with Crippen LogP contribution in [0.1, 0.15) is 46.0 Å². The van der Waals surface area contributed by atoms with Crippen LogP contribution in [0.15, 0.2) is 0 Å². The Hall–Kier alpha value is -0.570. The summed E-state index contributed by atoms with van der Waals surface area (Å²) in [5, 5.41) is 3.07. The van der Waals surface area contributed by atoms with Crippen LogP contribution in [0.3, 0.4) is 0 Å². The van der Waals surface area contributed by atoms with E-state index in [2.05, 4.69) is 19.2 Å². The van der Waals surface area contributed by atoms with Crippen molar-refractivity contribution in [1.29, 1.82) is 0 Å². The van der Waals surface area contributed by atoms with Gasteiger partial charge in [-0.1, -0.05) is 6.92 Å². The molecule has 1 amide bonds. The highest BCUT2D eigenvalue weighted by Gasteiger charge is 2.28. The fourth-order valence-corrected chi connectivity index (χ4v) is 1.85. The molecule has 1 aliphatic carbocycles. The van der Waals surface area contributed by atoms with Crippen molar-refractivity contribution in [3.05, 3.63) is 0 Å². The molecule has 0 radical (unpaired) electrons. The Labute approximate surface area is 92.8 Å². The van der Waals surface area contributed by atoms with Crippen LogP contribution in [-0.2, 0) is 4.79 Å². The Morgan fingerprint density at radius 1 is 1.40 bits per heavy atom. The summed E-state index contributed by atoms with van der Waals surface area (Å²) in [6.45, 7) is 4.99. The SMILES string of the molecule is CC(CCN)CCC(=O)NC(C)C1CC1. The predicted molar refractivity (Wildman–Crippen MR) is 62.4 cm³/mol. The van der Waals surface area contributed by atoms with Crippen LogP contribution in [0.2, 0.25) is 0 Å². The zero-order chi connectivity index (χ0) is 11.3. The molecule has 2 atom stereocenters. The lowest BCUT2D eigenvalue weighted by atomic mass is 10.0. The maximum absolute atomic E-state index is 11.6. The van der Waals surface area contributed by atoms with Gasteiger partial charge in [0.2, 0.25) is 5.91 Å². The number of nitrogens with two attached hydrogens (primary N) is 1. The van der Waals surface area contributed by atoms with E-state index in [1.165, 1.54) is 12.8 Å². The van der Waals surface area contributed by atoms with Gasteiger partial charge in [0.15, 0.2) is 0 Å². The van der Waals surface area contributed by atoms with E-state index in [0.29, 0.717) is 18.4 Å². The molecule has 15 heavy (non-hydrogen) atoms. The normalized spacial score (nSPS) is 19.7. The molecule has 0 aromatic heterocycles. The van der Waals surface area contributed by atoms with Crippen molar-refractivity contribution in [2.45, 2.75) is 52.0 Å². The van der Waals surface area contributed by atoms with E-state index in [1.807, 2.05) is 0 Å². The molecule has 88 valence electrons. The molecule has 0 aromatic rings. The van der Waals surface area contributed by atoms with Gasteiger partial charge in [-0.3, -0.25) is 4.79 Å². The van der Waals surface area contributed by atoms with Crippen molar-refractivity contribution in [3.63, 3.8) is 0 Å². The Kier molecular flexibility index (Phi) is 5.09. The van der Waals surface area contributed by atoms with Crippen LogP contribution in [-0.4, -0.2) is 18.5 Å². The van der Waals surface area contributed by atoms with Crippen LogP contribution in [0.25, 0.3) is 0 Å². The van der Waals surface area contributed by atoms with Gasteiger partial charge in [0, 0.05) is 12.5 Å². The highest BCUT2D eigenvalue weighted by molar-refractivity contribution is 5.76. The maximum atomic E-state index is 11.6. The van der Waals surface area contributed by atoms with Crippen molar-refractivity contribution >= 4 is 5.91 Å². The summed E-state index contributed by atoms with van der Waals surface area (Å²) in [6.07, 6.45) is 5.19. The second kappa shape index (κ2) is 6.11. The lowest BCUT2D eigenvalue weighted by Crippen LogP contribution is -2.34. The molecule has 1 saturated carbocycles. The van der Waals surface area contributed by atoms with Crippen LogP contribution < -0.4 is 11.1 Å². The smallest absolute Gasteiger partial charge is 0.220 e. The van der Waals surface area contributed by atoms with Gasteiger partial charge in [0.05, 0.1) is 0 Å². The summed E-state index contributed by atoms with van der Waals surface area (Å²) in [4.78, 5) is 11.6. The standard InChI is InChI=1S/C12H24N2O/c1-9(7-8-13)3-6-12(15)14-10(2)11-4-5-11/h9-11H,3-8,13H2,1-2H3,(H,14,15). The average molecular weight is 212 g/mol. The van der Waals surface area contributed by atoms with Gasteiger partial charge in [0.1, 0.15) is 0 Å². The minimum absolute atomic E-state index is 0.207. The molecule has 0 aliphatic heterocycles. The van der Waals surface area contributed by atoms with Gasteiger partial charge in [0.25, 0.3) is 0 Å². The van der Waals surface area contributed by atoms with Gasteiger partial charge < -0.3 is 11.1 Å². The van der Waals surface area contributed by atoms with E-state index in [-0.39, 0.29) is 5.91 Å². The number of nitrogens with one attached hydrogen (secondary N) is 1. The first-order valence-electron chi connectivity index (χ1n) is 6.13. The van der Waals surface area contributed by atoms with Crippen LogP contribution >= 0.6 is 0 Å². The molecule has 1 rings (SSSR count). The second-order valence-corrected chi connectivity index (χ2v) is 4.91. The van der Waals surface area contributed by atoms with E-state index in [0.717, 1.165) is 25.3 Å². The van der Waals surface area contributed by atoms with Crippen molar-refractivity contribution in [1.82, 2.24) is 5.32 Å². The van der Waals surface area contributed by atoms with E-state index in [1.54, 1.807) is 0 Å². The monoisotopic (exact) mass is 212 g/mol. The Bertz CT molecular complexity index is 202. The van der Waals surface area contributed by atoms with Crippen molar-refractivity contribution < 1.29 is 4.79 Å². The number of hydrogen-bond acceptors (Lipinski definition) is 2. The van der Waals surface area contributed by atoms with Crippen molar-refractivity contribution in [2.24, 2.45) is 17.6 Å². The molecule has 3 heteroatoms. The second-order valence-electron chi connectivity index (χ2n) is 4.91. The van der Waals surface area contributed by atoms with Gasteiger partial charge in [-0.2, -0.15) is 0 Å². The third kappa shape index (κ3) is 5.17. The quantitative estimate of drug-likeness (QED) is 0.674. The first kappa shape index (κ1) is 12.5. The number of carbonyl (C=O) groups is 1. The number of rotatable bonds is 7. The molecule has 0 saturated heterocycles. The third-order valence-corrected chi connectivity index (χ3v) is 3.24. The summed E-state index contributed by atoms with van der Waals surface area (Å²) >= 11 is 0. The summed E-state index contributed by atoms with van der Waals surface area (Å²) in [5.74, 6) is 1.52. The minimum Gasteiger partial charge on any atom is -0.353 e. The molecule has 0 aromatic carbocycles. The summed E-state index contributed by atoms with van der Waals surface area (Å²) in [7, 11) is 0. The number of carbonyl (C=O) groups excluding carboxylic acids is 1. The highest BCUT2D eigenvalue weighted by Crippen LogP contribution is 2.32. The highest BCUT2D eigenvalue weighted by atomic mass is 16.1. The Morgan fingerprint density at radius 3 is 2.60 bits per heavy atom. The molecule has 3 N–H and O–H groups in total. The molecule has 0 bridgehead atoms. The fourth-order valence-electron chi connectivity index (χ4n) is 1.85. The molecule has 0 heterocycles. The van der Waals surface area contributed by atoms with Gasteiger partial charge in [-0.25, -0.2) is 0 Å². The third-order valence-electron chi connectivity index (χ3n) is 3.24. The number of amides is 1. The first-order chi connectivity index (χ1) is 7.13. The maximum Gasteiger partial charge on any atom is 0.220 e. The first-order valence-corrected chi connectivity index (χ1v) is 6.13. The Balaban J connectivity index is 2.06. The van der Waals surface area contributed by atoms with Gasteiger partial charge in [-0.05, 0) is 51.0 Å². The molecule has 1 fully saturated rings. The molecule has 0 spiro atoms. The molecular weight excluding hydrogens is 188 g/mol. The average Bonchev–Trinajstić information content (AvgIpc) is 2.98. The summed E-state index contributed by atoms with van der Waals surface area (Å²) in [5.41, 5.74) is 5.46. The van der Waals surface area contributed by atoms with Crippen LogP contribution in [0, 0.1) is 11.8 Å². The summed E-state index contributed by atoms with van der Waals surface area (Å²) in [6, 6.07) is 0.377. The fraction of sp³-hybridized carbons (Fsp3) is 0.917. The predicted octanol–water partition coefficient (Wildman–Crippen LogP) is 1.67. The number of hydrogen-bond donors (Lipinski definition) is 2. The van der Waals surface area contributed by atoms with E-state index >= 15 is 0 Å². The molecule has 3 nitrogen and oxygen atoms in total. The zero-order valence-corrected chi connectivity index (χ0v) is 9.96. The molecule has 1 aliphatic rings. The van der Waals surface area contributed by atoms with E-state index < -0.39 is 0 Å². The molecular formula is C12H24N2O. The Morgan fingerprint density at radius 2 is 2.07 bits per heavy atom. The van der Waals surface area contributed by atoms with E-state index in [4.69, 9.17) is 5.73 Å². The lowest BCUT2D eigenvalue weighted by molar-refractivity contribution is -0.122. The van der Waals surface area contributed by atoms with Crippen molar-refractivity contribution in [2.75, 3.05) is 6.54 Å². The van der Waals surface area contributed by atoms with E-state index in [9.17, 15) is 4.79 Å². The minimum atomic E-state index is 0.207. The zero-order valence-electron chi connectivity index (χ0n) is 9.96. The van der Waals surface area contributed by atoms with Crippen LogP contribution in [0.5, 0.6) is 0 Å². The van der Waals surface area contributed by atoms with Gasteiger partial charge >= 0.3 is 0 Å². The van der Waals surface area contributed by atoms with Crippen LogP contribution in [0.4, 0.5) is 0 Å². The topological polar surface area (TPSA) is 55.1 Å². The largest absolute Gasteiger partial charge is 0.353 e. The van der Waals surface area contributed by atoms with Gasteiger partial charge in [-0.15, -0.1) is 0 Å². The van der Waals surface area contributed by atoms with Crippen molar-refractivity contribution in [3.8, 4) is 0 Å². The molecule has 2 unspecified atom stereocenters. The summed E-state index contributed by atoms with van der Waals surface area (Å²) < 4.78 is 0.